The standard InChI is InChI=1S/C14H19BrN2O3S/c15-11-6-8-21-12(11)9-16-14(20)17-7-2-1-3-10(17)4-5-13(18)19/h6,8,10H,1-5,7,9H2,(H,16,20)(H,18,19). The van der Waals surface area contributed by atoms with Crippen LogP contribution >= 0.6 is 27.3 Å². The Bertz CT molecular complexity index is 506. The molecule has 1 aromatic rings. The summed E-state index contributed by atoms with van der Waals surface area (Å²) in [4.78, 5) is 25.9. The molecular weight excluding hydrogens is 356 g/mol. The first-order chi connectivity index (χ1) is 10.1. The molecule has 0 aromatic carbocycles. The van der Waals surface area contributed by atoms with Gasteiger partial charge in [0.05, 0.1) is 6.54 Å². The van der Waals surface area contributed by atoms with Crippen molar-refractivity contribution in [3.05, 3.63) is 20.8 Å². The monoisotopic (exact) mass is 374 g/mol. The summed E-state index contributed by atoms with van der Waals surface area (Å²) in [6, 6.07) is 1.91. The van der Waals surface area contributed by atoms with Crippen molar-refractivity contribution in [3.8, 4) is 0 Å². The lowest BCUT2D eigenvalue weighted by molar-refractivity contribution is -0.137. The van der Waals surface area contributed by atoms with E-state index in [1.54, 1.807) is 16.2 Å². The second kappa shape index (κ2) is 7.79. The van der Waals surface area contributed by atoms with Crippen LogP contribution in [0.3, 0.4) is 0 Å². The molecule has 5 nitrogen and oxygen atoms in total. The molecule has 2 rings (SSSR count). The molecule has 0 radical (unpaired) electrons. The predicted molar refractivity (Wildman–Crippen MR) is 85.5 cm³/mol. The maximum atomic E-state index is 12.3. The third-order valence-electron chi connectivity index (χ3n) is 3.67. The lowest BCUT2D eigenvalue weighted by Gasteiger charge is -2.35. The Kier molecular flexibility index (Phi) is 6.05. The smallest absolute Gasteiger partial charge is 0.317 e. The molecule has 1 aromatic heterocycles. The first-order valence-electron chi connectivity index (χ1n) is 7.06. The number of halogens is 1. The summed E-state index contributed by atoms with van der Waals surface area (Å²) in [7, 11) is 0. The largest absolute Gasteiger partial charge is 0.481 e. The van der Waals surface area contributed by atoms with Gasteiger partial charge >= 0.3 is 12.0 Å². The van der Waals surface area contributed by atoms with E-state index in [9.17, 15) is 9.59 Å². The van der Waals surface area contributed by atoms with E-state index >= 15 is 0 Å². The van der Waals surface area contributed by atoms with Crippen LogP contribution in [0.5, 0.6) is 0 Å². The number of likely N-dealkylation sites (tertiary alicyclic amines) is 1. The van der Waals surface area contributed by atoms with Crippen molar-refractivity contribution >= 4 is 39.3 Å². The summed E-state index contributed by atoms with van der Waals surface area (Å²) in [5.41, 5.74) is 0. The number of thiophene rings is 1. The molecule has 0 spiro atoms. The topological polar surface area (TPSA) is 69.6 Å². The first-order valence-corrected chi connectivity index (χ1v) is 8.73. The van der Waals surface area contributed by atoms with E-state index < -0.39 is 5.97 Å². The molecule has 1 aliphatic rings. The number of carbonyl (C=O) groups excluding carboxylic acids is 1. The average Bonchev–Trinajstić information content (AvgIpc) is 2.88. The molecule has 0 aliphatic carbocycles. The van der Waals surface area contributed by atoms with E-state index in [2.05, 4.69) is 21.2 Å². The van der Waals surface area contributed by atoms with E-state index in [0.29, 0.717) is 19.5 Å². The average molecular weight is 375 g/mol. The zero-order valence-corrected chi connectivity index (χ0v) is 14.1. The number of urea groups is 1. The number of carbonyl (C=O) groups is 2. The van der Waals surface area contributed by atoms with Crippen LogP contribution in [0.15, 0.2) is 15.9 Å². The number of nitrogens with one attached hydrogen (secondary N) is 1. The molecule has 21 heavy (non-hydrogen) atoms. The third kappa shape index (κ3) is 4.71. The van der Waals surface area contributed by atoms with E-state index in [1.807, 2.05) is 11.4 Å². The molecule has 2 N–H and O–H groups in total. The molecule has 0 bridgehead atoms. The van der Waals surface area contributed by atoms with Gasteiger partial charge in [-0.05, 0) is 53.1 Å². The van der Waals surface area contributed by atoms with E-state index in [1.165, 1.54) is 0 Å². The maximum absolute atomic E-state index is 12.3. The third-order valence-corrected chi connectivity index (χ3v) is 5.60. The quantitative estimate of drug-likeness (QED) is 0.828. The summed E-state index contributed by atoms with van der Waals surface area (Å²) >= 11 is 5.04. The van der Waals surface area contributed by atoms with E-state index in [0.717, 1.165) is 28.6 Å². The Morgan fingerprint density at radius 1 is 1.48 bits per heavy atom. The van der Waals surface area contributed by atoms with Gasteiger partial charge in [-0.25, -0.2) is 4.79 Å². The Labute approximate surface area is 136 Å². The molecule has 1 atom stereocenters. The number of carboxylic acid groups (broad SMARTS) is 1. The molecule has 0 saturated carbocycles. The van der Waals surface area contributed by atoms with Crippen molar-refractivity contribution in [2.75, 3.05) is 6.54 Å². The van der Waals surface area contributed by atoms with Gasteiger partial charge < -0.3 is 15.3 Å². The molecular formula is C14H19BrN2O3S. The SMILES string of the molecule is O=C(O)CCC1CCCCN1C(=O)NCc1sccc1Br. The number of piperidine rings is 1. The van der Waals surface area contributed by atoms with Crippen LogP contribution in [0.4, 0.5) is 4.79 Å². The molecule has 116 valence electrons. The van der Waals surface area contributed by atoms with Crippen molar-refractivity contribution in [3.63, 3.8) is 0 Å². The number of nitrogens with zero attached hydrogens (tertiary/aromatic N) is 1. The van der Waals surface area contributed by atoms with Gasteiger partial charge in [0.1, 0.15) is 0 Å². The molecule has 2 amide bonds. The fourth-order valence-electron chi connectivity index (χ4n) is 2.57. The van der Waals surface area contributed by atoms with Gasteiger partial charge in [-0.1, -0.05) is 0 Å². The van der Waals surface area contributed by atoms with Gasteiger partial charge in [0, 0.05) is 28.4 Å². The minimum absolute atomic E-state index is 0.0432. The Balaban J connectivity index is 1.88. The molecule has 1 unspecified atom stereocenters. The van der Waals surface area contributed by atoms with Crippen LogP contribution in [0.2, 0.25) is 0 Å². The Morgan fingerprint density at radius 3 is 2.95 bits per heavy atom. The lowest BCUT2D eigenvalue weighted by atomic mass is 9.98. The van der Waals surface area contributed by atoms with Gasteiger partial charge in [0.15, 0.2) is 0 Å². The molecule has 1 saturated heterocycles. The van der Waals surface area contributed by atoms with Crippen molar-refractivity contribution in [1.82, 2.24) is 10.2 Å². The molecule has 2 heterocycles. The zero-order chi connectivity index (χ0) is 15.2. The summed E-state index contributed by atoms with van der Waals surface area (Å²) in [6.45, 7) is 1.21. The van der Waals surface area contributed by atoms with Gasteiger partial charge in [-0.3, -0.25) is 4.79 Å². The molecule has 1 aliphatic heterocycles. The predicted octanol–water partition coefficient (Wildman–Crippen LogP) is 3.44. The highest BCUT2D eigenvalue weighted by Gasteiger charge is 2.26. The van der Waals surface area contributed by atoms with Crippen LogP contribution in [-0.2, 0) is 11.3 Å². The van der Waals surface area contributed by atoms with Gasteiger partial charge in [0.25, 0.3) is 0 Å². The number of carboxylic acids is 1. The second-order valence-electron chi connectivity index (χ2n) is 5.13. The lowest BCUT2D eigenvalue weighted by Crippen LogP contribution is -2.48. The molecule has 1 fully saturated rings. The maximum Gasteiger partial charge on any atom is 0.317 e. The van der Waals surface area contributed by atoms with E-state index in [-0.39, 0.29) is 18.5 Å². The summed E-state index contributed by atoms with van der Waals surface area (Å²) in [5, 5.41) is 13.7. The van der Waals surface area contributed by atoms with Crippen LogP contribution in [0.25, 0.3) is 0 Å². The number of amides is 2. The number of hydrogen-bond donors (Lipinski definition) is 2. The van der Waals surface area contributed by atoms with Crippen LogP contribution in [0, 0.1) is 0 Å². The minimum Gasteiger partial charge on any atom is -0.481 e. The normalized spacial score (nSPS) is 18.5. The number of rotatable bonds is 5. The first kappa shape index (κ1) is 16.3. The van der Waals surface area contributed by atoms with Crippen molar-refractivity contribution < 1.29 is 14.7 Å². The summed E-state index contributed by atoms with van der Waals surface area (Å²) in [5.74, 6) is -0.802. The van der Waals surface area contributed by atoms with Gasteiger partial charge in [-0.2, -0.15) is 0 Å². The van der Waals surface area contributed by atoms with Crippen molar-refractivity contribution in [2.24, 2.45) is 0 Å². The Morgan fingerprint density at radius 2 is 2.29 bits per heavy atom. The van der Waals surface area contributed by atoms with Crippen LogP contribution < -0.4 is 5.32 Å². The number of hydrogen-bond acceptors (Lipinski definition) is 3. The summed E-state index contributed by atoms with van der Waals surface area (Å²) in [6.07, 6.45) is 3.59. The van der Waals surface area contributed by atoms with Gasteiger partial charge in [0.2, 0.25) is 0 Å². The van der Waals surface area contributed by atoms with Crippen molar-refractivity contribution in [1.29, 1.82) is 0 Å². The van der Waals surface area contributed by atoms with Crippen molar-refractivity contribution in [2.45, 2.75) is 44.7 Å². The highest BCUT2D eigenvalue weighted by atomic mass is 79.9. The highest BCUT2D eigenvalue weighted by molar-refractivity contribution is 9.10. The fraction of sp³-hybridized carbons (Fsp3) is 0.571. The second-order valence-corrected chi connectivity index (χ2v) is 6.98. The Hall–Kier alpha value is -1.08. The van der Waals surface area contributed by atoms with Gasteiger partial charge in [-0.15, -0.1) is 11.3 Å². The van der Waals surface area contributed by atoms with Crippen LogP contribution in [-0.4, -0.2) is 34.6 Å². The number of aliphatic carboxylic acids is 1. The van der Waals surface area contributed by atoms with E-state index in [4.69, 9.17) is 5.11 Å². The van der Waals surface area contributed by atoms with Crippen LogP contribution in [0.1, 0.15) is 37.0 Å². The minimum atomic E-state index is -0.802. The fourth-order valence-corrected chi connectivity index (χ4v) is 4.00. The molecule has 7 heteroatoms. The highest BCUT2D eigenvalue weighted by Crippen LogP contribution is 2.23. The zero-order valence-electron chi connectivity index (χ0n) is 11.7. The summed E-state index contributed by atoms with van der Waals surface area (Å²) < 4.78 is 1.01.